The number of nitrogen functional groups attached to an aromatic ring is 1. The van der Waals surface area contributed by atoms with Crippen LogP contribution in [0.3, 0.4) is 0 Å². The predicted octanol–water partition coefficient (Wildman–Crippen LogP) is 0.153. The second kappa shape index (κ2) is 3.33. The summed E-state index contributed by atoms with van der Waals surface area (Å²) in [6, 6.07) is 3.23. The monoisotopic (exact) mass is 206 g/mol. The number of aromatic nitrogens is 4. The molecule has 15 heavy (non-hydrogen) atoms. The van der Waals surface area contributed by atoms with Gasteiger partial charge in [-0.3, -0.25) is 10.1 Å². The highest BCUT2D eigenvalue weighted by molar-refractivity contribution is 5.54. The van der Waals surface area contributed by atoms with Gasteiger partial charge in [-0.05, 0) is 12.1 Å². The molecule has 0 fully saturated rings. The van der Waals surface area contributed by atoms with Gasteiger partial charge in [0.15, 0.2) is 5.82 Å². The van der Waals surface area contributed by atoms with Gasteiger partial charge in [0, 0.05) is 6.20 Å². The molecule has 0 atom stereocenters. The Morgan fingerprint density at radius 3 is 2.87 bits per heavy atom. The number of hydrogen-bond acceptors (Lipinski definition) is 6. The van der Waals surface area contributed by atoms with Crippen LogP contribution in [0.2, 0.25) is 0 Å². The van der Waals surface area contributed by atoms with E-state index in [0.717, 1.165) is 10.9 Å². The molecule has 8 nitrogen and oxygen atoms in total. The van der Waals surface area contributed by atoms with Gasteiger partial charge in [-0.1, -0.05) is 0 Å². The molecule has 2 rings (SSSR count). The van der Waals surface area contributed by atoms with Crippen LogP contribution in [0, 0.1) is 10.1 Å². The number of nitrogens with zero attached hydrogens (tertiary/aromatic N) is 5. The molecule has 0 unspecified atom stereocenters. The highest BCUT2D eigenvalue weighted by Gasteiger charge is 2.18. The number of nitro groups is 1. The van der Waals surface area contributed by atoms with E-state index in [4.69, 9.17) is 5.73 Å². The Bertz CT molecular complexity index is 493. The van der Waals surface area contributed by atoms with Crippen LogP contribution in [0.25, 0.3) is 5.82 Å². The van der Waals surface area contributed by atoms with E-state index in [1.807, 2.05) is 0 Å². The molecule has 0 aliphatic rings. The van der Waals surface area contributed by atoms with Crippen molar-refractivity contribution in [3.63, 3.8) is 0 Å². The van der Waals surface area contributed by atoms with Gasteiger partial charge in [0.05, 0.1) is 4.92 Å². The van der Waals surface area contributed by atoms with Crippen molar-refractivity contribution in [2.75, 3.05) is 5.73 Å². The third kappa shape index (κ3) is 1.47. The fourth-order valence-electron chi connectivity index (χ4n) is 1.08. The van der Waals surface area contributed by atoms with Crippen LogP contribution < -0.4 is 5.73 Å². The van der Waals surface area contributed by atoms with Crippen molar-refractivity contribution in [2.24, 2.45) is 0 Å². The van der Waals surface area contributed by atoms with E-state index in [1.54, 1.807) is 12.1 Å². The third-order valence-electron chi connectivity index (χ3n) is 1.76. The van der Waals surface area contributed by atoms with Crippen LogP contribution in [-0.2, 0) is 0 Å². The summed E-state index contributed by atoms with van der Waals surface area (Å²) in [7, 11) is 0. The molecule has 2 aromatic heterocycles. The second-order valence-corrected chi connectivity index (χ2v) is 2.67. The van der Waals surface area contributed by atoms with Gasteiger partial charge in [-0.2, -0.15) is 14.9 Å². The third-order valence-corrected chi connectivity index (χ3v) is 1.76. The average Bonchev–Trinajstić information content (AvgIpc) is 2.61. The SMILES string of the molecule is Nc1c([N+](=O)[O-])cnn1-c1cccnn1. The smallest absolute Gasteiger partial charge is 0.331 e. The molecule has 2 heterocycles. The Morgan fingerprint density at radius 2 is 2.33 bits per heavy atom. The van der Waals surface area contributed by atoms with Gasteiger partial charge < -0.3 is 5.73 Å². The average molecular weight is 206 g/mol. The molecule has 0 saturated heterocycles. The zero-order valence-corrected chi connectivity index (χ0v) is 7.44. The summed E-state index contributed by atoms with van der Waals surface area (Å²) in [6.45, 7) is 0. The molecule has 0 aliphatic heterocycles. The maximum atomic E-state index is 10.5. The lowest BCUT2D eigenvalue weighted by Crippen LogP contribution is -2.05. The highest BCUT2D eigenvalue weighted by Crippen LogP contribution is 2.21. The second-order valence-electron chi connectivity index (χ2n) is 2.67. The molecule has 0 radical (unpaired) electrons. The summed E-state index contributed by atoms with van der Waals surface area (Å²) in [5.74, 6) is 0.267. The van der Waals surface area contributed by atoms with Crippen molar-refractivity contribution in [1.29, 1.82) is 0 Å². The number of nitrogens with two attached hydrogens (primary N) is 1. The van der Waals surface area contributed by atoms with Gasteiger partial charge >= 0.3 is 5.69 Å². The first-order chi connectivity index (χ1) is 7.20. The van der Waals surface area contributed by atoms with Crippen molar-refractivity contribution in [3.8, 4) is 5.82 Å². The number of hydrogen-bond donors (Lipinski definition) is 1. The van der Waals surface area contributed by atoms with Crippen LogP contribution >= 0.6 is 0 Å². The fraction of sp³-hybridized carbons (Fsp3) is 0. The topological polar surface area (TPSA) is 113 Å². The first kappa shape index (κ1) is 9.06. The van der Waals surface area contributed by atoms with E-state index < -0.39 is 4.92 Å². The molecule has 0 bridgehead atoms. The van der Waals surface area contributed by atoms with Crippen molar-refractivity contribution in [2.45, 2.75) is 0 Å². The van der Waals surface area contributed by atoms with E-state index in [-0.39, 0.29) is 11.5 Å². The molecule has 2 aromatic rings. The molecular formula is C7H6N6O2. The van der Waals surface area contributed by atoms with E-state index in [1.165, 1.54) is 6.20 Å². The highest BCUT2D eigenvalue weighted by atomic mass is 16.6. The minimum absolute atomic E-state index is 0.0690. The molecule has 0 aromatic carbocycles. The Labute approximate surface area is 83.5 Å². The van der Waals surface area contributed by atoms with E-state index in [9.17, 15) is 10.1 Å². The number of rotatable bonds is 2. The number of anilines is 1. The molecule has 0 spiro atoms. The summed E-state index contributed by atoms with van der Waals surface area (Å²) < 4.78 is 1.16. The van der Waals surface area contributed by atoms with Crippen LogP contribution in [0.15, 0.2) is 24.5 Å². The maximum absolute atomic E-state index is 10.5. The van der Waals surface area contributed by atoms with Crippen molar-refractivity contribution in [1.82, 2.24) is 20.0 Å². The van der Waals surface area contributed by atoms with Crippen molar-refractivity contribution < 1.29 is 4.92 Å². The Morgan fingerprint density at radius 1 is 1.53 bits per heavy atom. The minimum Gasteiger partial charge on any atom is -0.378 e. The standard InChI is InChI=1S/C7H6N6O2/c8-7-5(13(14)15)4-10-12(7)6-2-1-3-9-11-6/h1-4H,8H2. The fourth-order valence-corrected chi connectivity index (χ4v) is 1.08. The molecule has 76 valence electrons. The quantitative estimate of drug-likeness (QED) is 0.552. The Balaban J connectivity index is 2.52. The molecule has 0 amide bonds. The van der Waals surface area contributed by atoms with Crippen LogP contribution in [0.4, 0.5) is 11.5 Å². The van der Waals surface area contributed by atoms with Gasteiger partial charge in [-0.15, -0.1) is 5.10 Å². The lowest BCUT2D eigenvalue weighted by molar-refractivity contribution is -0.383. The van der Waals surface area contributed by atoms with Crippen molar-refractivity contribution >= 4 is 11.5 Å². The van der Waals surface area contributed by atoms with Gasteiger partial charge in [0.1, 0.15) is 6.20 Å². The van der Waals surface area contributed by atoms with E-state index in [0.29, 0.717) is 5.82 Å². The summed E-state index contributed by atoms with van der Waals surface area (Å²) in [6.07, 6.45) is 2.56. The molecular weight excluding hydrogens is 200 g/mol. The van der Waals surface area contributed by atoms with E-state index in [2.05, 4.69) is 15.3 Å². The summed E-state index contributed by atoms with van der Waals surface area (Å²) in [4.78, 5) is 9.90. The van der Waals surface area contributed by atoms with Crippen LogP contribution in [-0.4, -0.2) is 24.9 Å². The first-order valence-electron chi connectivity index (χ1n) is 3.96. The summed E-state index contributed by atoms with van der Waals surface area (Å²) >= 11 is 0. The Hall–Kier alpha value is -2.51. The molecule has 0 saturated carbocycles. The van der Waals surface area contributed by atoms with Crippen molar-refractivity contribution in [3.05, 3.63) is 34.6 Å². The molecule has 2 N–H and O–H groups in total. The maximum Gasteiger partial charge on any atom is 0.331 e. The predicted molar refractivity (Wildman–Crippen MR) is 50.2 cm³/mol. The summed E-state index contributed by atoms with van der Waals surface area (Å²) in [5, 5.41) is 21.6. The van der Waals surface area contributed by atoms with Gasteiger partial charge in [-0.25, -0.2) is 0 Å². The largest absolute Gasteiger partial charge is 0.378 e. The zero-order valence-electron chi connectivity index (χ0n) is 7.44. The lowest BCUT2D eigenvalue weighted by atomic mass is 10.5. The van der Waals surface area contributed by atoms with Gasteiger partial charge in [0.25, 0.3) is 0 Å². The zero-order chi connectivity index (χ0) is 10.8. The minimum atomic E-state index is -0.602. The van der Waals surface area contributed by atoms with E-state index >= 15 is 0 Å². The first-order valence-corrected chi connectivity index (χ1v) is 3.96. The Kier molecular flexibility index (Phi) is 2.01. The normalized spacial score (nSPS) is 10.1. The van der Waals surface area contributed by atoms with Gasteiger partial charge in [0.2, 0.25) is 5.82 Å². The van der Waals surface area contributed by atoms with Crippen LogP contribution in [0.1, 0.15) is 0 Å². The molecule has 0 aliphatic carbocycles. The lowest BCUT2D eigenvalue weighted by Gasteiger charge is -1.99. The van der Waals surface area contributed by atoms with Crippen LogP contribution in [0.5, 0.6) is 0 Å². The molecule has 8 heteroatoms. The summed E-state index contributed by atoms with van der Waals surface area (Å²) in [5.41, 5.74) is 5.28.